The fourth-order valence-electron chi connectivity index (χ4n) is 3.82. The monoisotopic (exact) mass is 456 g/mol. The molecule has 3 rings (SSSR count). The van der Waals surface area contributed by atoms with Gasteiger partial charge in [-0.1, -0.05) is 66.7 Å². The van der Waals surface area contributed by atoms with E-state index in [1.54, 1.807) is 13.1 Å². The Hall–Kier alpha value is -3.12. The van der Waals surface area contributed by atoms with Gasteiger partial charge in [-0.25, -0.2) is 4.39 Å². The van der Waals surface area contributed by atoms with Gasteiger partial charge in [0, 0.05) is 24.4 Å². The van der Waals surface area contributed by atoms with E-state index < -0.39 is 11.7 Å². The highest BCUT2D eigenvalue weighted by atomic mass is 19.4. The third-order valence-electron chi connectivity index (χ3n) is 5.70. The van der Waals surface area contributed by atoms with Gasteiger partial charge in [-0.3, -0.25) is 5.32 Å². The van der Waals surface area contributed by atoms with Gasteiger partial charge in [0.25, 0.3) is 0 Å². The van der Waals surface area contributed by atoms with Gasteiger partial charge in [-0.15, -0.1) is 0 Å². The van der Waals surface area contributed by atoms with E-state index in [4.69, 9.17) is 0 Å². The Morgan fingerprint density at radius 3 is 2.24 bits per heavy atom. The molecule has 0 fully saturated rings. The van der Waals surface area contributed by atoms with Gasteiger partial charge < -0.3 is 5.32 Å². The minimum atomic E-state index is -4.37. The third kappa shape index (κ3) is 6.45. The first-order chi connectivity index (χ1) is 15.7. The summed E-state index contributed by atoms with van der Waals surface area (Å²) in [4.78, 5) is 0. The van der Waals surface area contributed by atoms with Crippen LogP contribution in [0.3, 0.4) is 0 Å². The number of likely N-dealkylation sites (N-methyl/N-ethyl adjacent to an activating group) is 1. The predicted molar refractivity (Wildman–Crippen MR) is 124 cm³/mol. The van der Waals surface area contributed by atoms with Crippen molar-refractivity contribution < 1.29 is 17.6 Å². The molecule has 0 radical (unpaired) electrons. The van der Waals surface area contributed by atoms with Crippen LogP contribution < -0.4 is 10.6 Å². The van der Waals surface area contributed by atoms with Crippen LogP contribution in [-0.4, -0.2) is 7.05 Å². The minimum Gasteiger partial charge on any atom is -0.390 e. The molecule has 33 heavy (non-hydrogen) atoms. The van der Waals surface area contributed by atoms with Crippen molar-refractivity contribution >= 4 is 0 Å². The van der Waals surface area contributed by atoms with Crippen LogP contribution in [0.4, 0.5) is 17.6 Å². The van der Waals surface area contributed by atoms with Crippen molar-refractivity contribution in [3.8, 4) is 0 Å². The molecule has 0 bridgehead atoms. The van der Waals surface area contributed by atoms with Gasteiger partial charge in [0.05, 0.1) is 11.6 Å². The van der Waals surface area contributed by atoms with Crippen LogP contribution in [0, 0.1) is 12.7 Å². The Labute approximate surface area is 192 Å². The quantitative estimate of drug-likeness (QED) is 0.343. The van der Waals surface area contributed by atoms with Crippen LogP contribution in [0.1, 0.15) is 46.3 Å². The van der Waals surface area contributed by atoms with Gasteiger partial charge >= 0.3 is 6.18 Å². The summed E-state index contributed by atoms with van der Waals surface area (Å²) in [6, 6.07) is 19.1. The number of halogens is 4. The first kappa shape index (κ1) is 24.5. The second-order valence-corrected chi connectivity index (χ2v) is 8.10. The second-order valence-electron chi connectivity index (χ2n) is 8.10. The zero-order chi connectivity index (χ0) is 24.0. The van der Waals surface area contributed by atoms with Crippen molar-refractivity contribution in [3.63, 3.8) is 0 Å². The zero-order valence-electron chi connectivity index (χ0n) is 18.7. The van der Waals surface area contributed by atoms with Crippen molar-refractivity contribution in [1.82, 2.24) is 10.6 Å². The summed E-state index contributed by atoms with van der Waals surface area (Å²) in [6.45, 7) is 6.01. The molecule has 2 atom stereocenters. The summed E-state index contributed by atoms with van der Waals surface area (Å²) in [5.41, 5.74) is 3.23. The van der Waals surface area contributed by atoms with Crippen LogP contribution in [0.25, 0.3) is 0 Å². The van der Waals surface area contributed by atoms with E-state index in [9.17, 15) is 17.6 Å². The first-order valence-corrected chi connectivity index (χ1v) is 10.8. The Morgan fingerprint density at radius 2 is 1.64 bits per heavy atom. The van der Waals surface area contributed by atoms with E-state index in [0.29, 0.717) is 18.4 Å². The maximum absolute atomic E-state index is 14.9. The van der Waals surface area contributed by atoms with E-state index in [1.807, 2.05) is 43.3 Å². The average molecular weight is 457 g/mol. The predicted octanol–water partition coefficient (Wildman–Crippen LogP) is 6.89. The minimum absolute atomic E-state index is 0.284. The Balaban J connectivity index is 1.89. The molecule has 3 aromatic rings. The molecule has 0 saturated carbocycles. The Morgan fingerprint density at radius 1 is 0.970 bits per heavy atom. The lowest BCUT2D eigenvalue weighted by Gasteiger charge is -2.29. The second kappa shape index (κ2) is 10.7. The summed E-state index contributed by atoms with van der Waals surface area (Å²) in [5, 5.41) is 6.61. The highest BCUT2D eigenvalue weighted by molar-refractivity contribution is 5.31. The number of alkyl halides is 3. The molecular weight excluding hydrogens is 428 g/mol. The van der Waals surface area contributed by atoms with E-state index >= 15 is 0 Å². The lowest BCUT2D eigenvalue weighted by molar-refractivity contribution is -0.137. The molecular formula is C27H28F4N2. The molecule has 174 valence electrons. The van der Waals surface area contributed by atoms with E-state index in [1.165, 1.54) is 18.2 Å². The lowest BCUT2D eigenvalue weighted by Crippen LogP contribution is -2.32. The van der Waals surface area contributed by atoms with Gasteiger partial charge in [0.15, 0.2) is 0 Å². The highest BCUT2D eigenvalue weighted by Gasteiger charge is 2.30. The Kier molecular flexibility index (Phi) is 7.92. The molecule has 6 heteroatoms. The zero-order valence-corrected chi connectivity index (χ0v) is 18.7. The summed E-state index contributed by atoms with van der Waals surface area (Å²) in [5.74, 6) is -0.326. The normalized spacial score (nSPS) is 13.4. The van der Waals surface area contributed by atoms with Gasteiger partial charge in [0.1, 0.15) is 5.82 Å². The molecule has 0 spiro atoms. The van der Waals surface area contributed by atoms with Crippen molar-refractivity contribution in [3.05, 3.63) is 119 Å². The number of benzene rings is 3. The van der Waals surface area contributed by atoms with Crippen LogP contribution in [-0.2, 0) is 12.6 Å². The fraction of sp³-hybridized carbons (Fsp3) is 0.259. The molecule has 0 aliphatic carbocycles. The maximum Gasteiger partial charge on any atom is 0.416 e. The van der Waals surface area contributed by atoms with Crippen LogP contribution in [0.2, 0.25) is 0 Å². The third-order valence-corrected chi connectivity index (χ3v) is 5.70. The van der Waals surface area contributed by atoms with E-state index in [0.717, 1.165) is 34.5 Å². The molecule has 3 aromatic carbocycles. The van der Waals surface area contributed by atoms with E-state index in [2.05, 4.69) is 17.2 Å². The van der Waals surface area contributed by atoms with Gasteiger partial charge in [0.2, 0.25) is 0 Å². The van der Waals surface area contributed by atoms with Crippen molar-refractivity contribution in [1.29, 1.82) is 0 Å². The largest absolute Gasteiger partial charge is 0.416 e. The highest BCUT2D eigenvalue weighted by Crippen LogP contribution is 2.31. The summed E-state index contributed by atoms with van der Waals surface area (Å²) < 4.78 is 53.5. The summed E-state index contributed by atoms with van der Waals surface area (Å²) >= 11 is 0. The van der Waals surface area contributed by atoms with Crippen LogP contribution in [0.15, 0.2) is 85.1 Å². The van der Waals surface area contributed by atoms with Crippen LogP contribution in [0.5, 0.6) is 0 Å². The molecule has 2 unspecified atom stereocenters. The molecule has 0 aliphatic heterocycles. The van der Waals surface area contributed by atoms with Gasteiger partial charge in [-0.05, 0) is 49.1 Å². The standard InChI is InChI=1S/C27H28F4N2/c1-18-9-15-24(28)23(17-18)25(16-12-20-10-13-22(14-11-20)27(29,30)31)33-26(19(2)32-3)21-7-5-4-6-8-21/h4-11,13-15,17,25-26,32-33H,2,12,16H2,1,3H3. The SMILES string of the molecule is C=C(NC)C(NC(CCc1ccc(C(F)(F)F)cc1)c1cc(C)ccc1F)c1ccccc1. The van der Waals surface area contributed by atoms with Crippen molar-refractivity contribution in [2.45, 2.75) is 38.0 Å². The molecule has 2 N–H and O–H groups in total. The van der Waals surface area contributed by atoms with Gasteiger partial charge in [-0.2, -0.15) is 13.2 Å². The van der Waals surface area contributed by atoms with Crippen molar-refractivity contribution in [2.24, 2.45) is 0 Å². The lowest BCUT2D eigenvalue weighted by atomic mass is 9.94. The molecule has 2 nitrogen and oxygen atoms in total. The fourth-order valence-corrected chi connectivity index (χ4v) is 3.82. The molecule has 0 aliphatic rings. The first-order valence-electron chi connectivity index (χ1n) is 10.8. The average Bonchev–Trinajstić information content (AvgIpc) is 2.81. The van der Waals surface area contributed by atoms with Crippen molar-refractivity contribution in [2.75, 3.05) is 7.05 Å². The van der Waals surface area contributed by atoms with Crippen LogP contribution >= 0.6 is 0 Å². The molecule has 0 amide bonds. The smallest absolute Gasteiger partial charge is 0.390 e. The number of rotatable bonds is 9. The molecule has 0 heterocycles. The number of nitrogens with one attached hydrogen (secondary N) is 2. The summed E-state index contributed by atoms with van der Waals surface area (Å²) in [7, 11) is 1.78. The number of hydrogen-bond donors (Lipinski definition) is 2. The topological polar surface area (TPSA) is 24.1 Å². The van der Waals surface area contributed by atoms with E-state index in [-0.39, 0.29) is 17.9 Å². The molecule has 0 aromatic heterocycles. The Bertz CT molecular complexity index is 1060. The molecule has 0 saturated heterocycles. The number of aryl methyl sites for hydroxylation is 2. The summed E-state index contributed by atoms with van der Waals surface area (Å²) in [6.07, 6.45) is -3.40. The number of hydrogen-bond acceptors (Lipinski definition) is 2. The maximum atomic E-state index is 14.9.